The molecule has 1 saturated heterocycles. The van der Waals surface area contributed by atoms with Gasteiger partial charge in [-0.3, -0.25) is 24.1 Å². The van der Waals surface area contributed by atoms with Gasteiger partial charge in [-0.2, -0.15) is 0 Å². The zero-order chi connectivity index (χ0) is 22.6. The lowest BCUT2D eigenvalue weighted by molar-refractivity contribution is -0.139. The average molecular weight is 430 g/mol. The number of rotatable bonds is 6. The van der Waals surface area contributed by atoms with Gasteiger partial charge in [0.05, 0.1) is 7.11 Å². The SMILES string of the molecule is COC(=O)CNC(=O)c1cccc(NC(=O)CN2C(=O)N(C)C3(CCCCC3)C2=O)c1. The quantitative estimate of drug-likeness (QED) is 0.515. The predicted molar refractivity (Wildman–Crippen MR) is 110 cm³/mol. The average Bonchev–Trinajstić information content (AvgIpc) is 2.94. The van der Waals surface area contributed by atoms with Crippen LogP contribution in [-0.4, -0.2) is 72.3 Å². The second kappa shape index (κ2) is 9.15. The van der Waals surface area contributed by atoms with Crippen LogP contribution in [0.2, 0.25) is 0 Å². The largest absolute Gasteiger partial charge is 0.468 e. The molecule has 1 spiro atoms. The first kappa shape index (κ1) is 22.3. The Kier molecular flexibility index (Phi) is 6.57. The van der Waals surface area contributed by atoms with E-state index in [1.807, 2.05) is 0 Å². The number of nitrogens with zero attached hydrogens (tertiary/aromatic N) is 2. The molecule has 1 saturated carbocycles. The smallest absolute Gasteiger partial charge is 0.327 e. The van der Waals surface area contributed by atoms with Crippen LogP contribution in [0.25, 0.3) is 0 Å². The number of benzene rings is 1. The van der Waals surface area contributed by atoms with E-state index in [0.717, 1.165) is 24.2 Å². The zero-order valence-electron chi connectivity index (χ0n) is 17.6. The zero-order valence-corrected chi connectivity index (χ0v) is 17.6. The molecule has 0 aromatic heterocycles. The van der Waals surface area contributed by atoms with Crippen LogP contribution < -0.4 is 10.6 Å². The first-order valence-corrected chi connectivity index (χ1v) is 10.1. The van der Waals surface area contributed by atoms with Gasteiger partial charge in [0.1, 0.15) is 18.6 Å². The molecule has 166 valence electrons. The molecule has 1 aliphatic carbocycles. The van der Waals surface area contributed by atoms with Crippen LogP contribution in [0.5, 0.6) is 0 Å². The highest BCUT2D eigenvalue weighted by Crippen LogP contribution is 2.39. The molecule has 0 atom stereocenters. The lowest BCUT2D eigenvalue weighted by atomic mass is 9.81. The van der Waals surface area contributed by atoms with Crippen LogP contribution >= 0.6 is 0 Å². The summed E-state index contributed by atoms with van der Waals surface area (Å²) in [4.78, 5) is 63.9. The van der Waals surface area contributed by atoms with Crippen LogP contribution in [0.15, 0.2) is 24.3 Å². The molecule has 0 unspecified atom stereocenters. The minimum absolute atomic E-state index is 0.232. The molecule has 2 fully saturated rings. The van der Waals surface area contributed by atoms with Crippen molar-refractivity contribution in [3.8, 4) is 0 Å². The van der Waals surface area contributed by atoms with E-state index in [0.29, 0.717) is 18.5 Å². The fourth-order valence-corrected chi connectivity index (χ4v) is 4.08. The molecule has 10 heteroatoms. The Morgan fingerprint density at radius 2 is 1.84 bits per heavy atom. The van der Waals surface area contributed by atoms with Crippen LogP contribution in [-0.2, 0) is 19.1 Å². The van der Waals surface area contributed by atoms with Gasteiger partial charge < -0.3 is 20.3 Å². The van der Waals surface area contributed by atoms with Gasteiger partial charge in [0, 0.05) is 18.3 Å². The number of hydrogen-bond donors (Lipinski definition) is 2. The number of hydrogen-bond acceptors (Lipinski definition) is 6. The fraction of sp³-hybridized carbons (Fsp3) is 0.476. The highest BCUT2D eigenvalue weighted by atomic mass is 16.5. The molecule has 1 aromatic rings. The van der Waals surface area contributed by atoms with E-state index >= 15 is 0 Å². The Balaban J connectivity index is 1.63. The summed E-state index contributed by atoms with van der Waals surface area (Å²) in [6.07, 6.45) is 3.98. The molecule has 2 aliphatic rings. The van der Waals surface area contributed by atoms with E-state index < -0.39 is 35.9 Å². The maximum absolute atomic E-state index is 13.0. The molecule has 3 rings (SSSR count). The molecule has 31 heavy (non-hydrogen) atoms. The normalized spacial score (nSPS) is 17.6. The van der Waals surface area contributed by atoms with E-state index in [4.69, 9.17) is 0 Å². The van der Waals surface area contributed by atoms with Crippen LogP contribution in [0.3, 0.4) is 0 Å². The Hall–Kier alpha value is -3.43. The van der Waals surface area contributed by atoms with Crippen molar-refractivity contribution in [2.75, 3.05) is 32.6 Å². The van der Waals surface area contributed by atoms with Gasteiger partial charge in [0.25, 0.3) is 11.8 Å². The minimum Gasteiger partial charge on any atom is -0.468 e. The van der Waals surface area contributed by atoms with E-state index in [9.17, 15) is 24.0 Å². The summed E-state index contributed by atoms with van der Waals surface area (Å²) in [5.74, 6) is -1.97. The third-order valence-corrected chi connectivity index (χ3v) is 5.82. The van der Waals surface area contributed by atoms with Gasteiger partial charge in [0.15, 0.2) is 0 Å². The molecule has 2 N–H and O–H groups in total. The molecule has 1 heterocycles. The Labute approximate surface area is 179 Å². The van der Waals surface area contributed by atoms with Gasteiger partial charge in [-0.1, -0.05) is 25.3 Å². The molecule has 5 amide bonds. The van der Waals surface area contributed by atoms with Gasteiger partial charge in [-0.25, -0.2) is 4.79 Å². The molecular formula is C21H26N4O6. The first-order valence-electron chi connectivity index (χ1n) is 10.1. The number of likely N-dealkylation sites (N-methyl/N-ethyl adjacent to an activating group) is 1. The number of carbonyl (C=O) groups is 5. The lowest BCUT2D eigenvalue weighted by Crippen LogP contribution is -2.49. The number of amides is 5. The van der Waals surface area contributed by atoms with Crippen molar-refractivity contribution in [1.29, 1.82) is 0 Å². The Morgan fingerprint density at radius 1 is 1.13 bits per heavy atom. The molecule has 10 nitrogen and oxygen atoms in total. The second-order valence-corrected chi connectivity index (χ2v) is 7.71. The monoisotopic (exact) mass is 430 g/mol. The number of esters is 1. The highest BCUT2D eigenvalue weighted by Gasteiger charge is 2.55. The summed E-state index contributed by atoms with van der Waals surface area (Å²) in [7, 11) is 2.83. The number of ether oxygens (including phenoxy) is 1. The summed E-state index contributed by atoms with van der Waals surface area (Å²) in [6, 6.07) is 5.64. The second-order valence-electron chi connectivity index (χ2n) is 7.71. The van der Waals surface area contributed by atoms with E-state index in [2.05, 4.69) is 15.4 Å². The fourth-order valence-electron chi connectivity index (χ4n) is 4.08. The number of methoxy groups -OCH3 is 1. The van der Waals surface area contributed by atoms with Crippen molar-refractivity contribution in [1.82, 2.24) is 15.1 Å². The molecule has 1 aliphatic heterocycles. The van der Waals surface area contributed by atoms with Gasteiger partial charge >= 0.3 is 12.0 Å². The molecule has 0 radical (unpaired) electrons. The minimum atomic E-state index is -0.840. The number of imide groups is 1. The molecular weight excluding hydrogens is 404 g/mol. The van der Waals surface area contributed by atoms with Crippen molar-refractivity contribution in [2.45, 2.75) is 37.6 Å². The summed E-state index contributed by atoms with van der Waals surface area (Å²) in [5.41, 5.74) is -0.278. The van der Waals surface area contributed by atoms with Crippen LogP contribution in [0.4, 0.5) is 10.5 Å². The Morgan fingerprint density at radius 3 is 2.52 bits per heavy atom. The van der Waals surface area contributed by atoms with Crippen LogP contribution in [0.1, 0.15) is 42.5 Å². The summed E-state index contributed by atoms with van der Waals surface area (Å²) < 4.78 is 4.47. The van der Waals surface area contributed by atoms with Crippen molar-refractivity contribution < 1.29 is 28.7 Å². The highest BCUT2D eigenvalue weighted by molar-refractivity contribution is 6.10. The van der Waals surface area contributed by atoms with E-state index in [-0.39, 0.29) is 18.0 Å². The lowest BCUT2D eigenvalue weighted by Gasteiger charge is -2.35. The number of anilines is 1. The maximum atomic E-state index is 13.0. The third-order valence-electron chi connectivity index (χ3n) is 5.82. The first-order chi connectivity index (χ1) is 14.8. The number of carbonyl (C=O) groups excluding carboxylic acids is 5. The predicted octanol–water partition coefficient (Wildman–Crippen LogP) is 1.12. The van der Waals surface area contributed by atoms with Gasteiger partial charge in [0.2, 0.25) is 5.91 Å². The van der Waals surface area contributed by atoms with Crippen molar-refractivity contribution in [2.24, 2.45) is 0 Å². The number of urea groups is 1. The summed E-state index contributed by atoms with van der Waals surface area (Å²) in [5, 5.41) is 5.02. The van der Waals surface area contributed by atoms with Crippen molar-refractivity contribution in [3.05, 3.63) is 29.8 Å². The van der Waals surface area contributed by atoms with Crippen molar-refractivity contribution >= 4 is 35.4 Å². The van der Waals surface area contributed by atoms with E-state index in [1.54, 1.807) is 19.2 Å². The summed E-state index contributed by atoms with van der Waals surface area (Å²) in [6.45, 7) is -0.678. The molecule has 0 bridgehead atoms. The van der Waals surface area contributed by atoms with Gasteiger partial charge in [-0.05, 0) is 31.0 Å². The number of nitrogens with one attached hydrogen (secondary N) is 2. The van der Waals surface area contributed by atoms with Crippen molar-refractivity contribution in [3.63, 3.8) is 0 Å². The summed E-state index contributed by atoms with van der Waals surface area (Å²) >= 11 is 0. The van der Waals surface area contributed by atoms with Gasteiger partial charge in [-0.15, -0.1) is 0 Å². The topological polar surface area (TPSA) is 125 Å². The standard InChI is InChI=1S/C21H26N4O6/c1-24-20(30)25(19(29)21(24)9-4-3-5-10-21)13-16(26)23-15-8-6-7-14(11-15)18(28)22-12-17(27)31-2/h6-8,11H,3-5,9-10,12-13H2,1-2H3,(H,22,28)(H,23,26). The Bertz CT molecular complexity index is 909. The third kappa shape index (κ3) is 4.52. The maximum Gasteiger partial charge on any atom is 0.327 e. The molecule has 1 aromatic carbocycles. The van der Waals surface area contributed by atoms with Crippen LogP contribution in [0, 0.1) is 0 Å². The van der Waals surface area contributed by atoms with E-state index in [1.165, 1.54) is 24.1 Å².